The topological polar surface area (TPSA) is 103 Å². The number of ether oxygens (including phenoxy) is 1. The highest BCUT2D eigenvalue weighted by Crippen LogP contribution is 2.25. The Morgan fingerprint density at radius 3 is 2.84 bits per heavy atom. The summed E-state index contributed by atoms with van der Waals surface area (Å²) in [4.78, 5) is 36.7. The molecular weight excluding hydrogens is 328 g/mol. The van der Waals surface area contributed by atoms with Crippen LogP contribution in [0.4, 0.5) is 5.69 Å². The zero-order chi connectivity index (χ0) is 17.8. The van der Waals surface area contributed by atoms with Crippen LogP contribution >= 0.6 is 0 Å². The smallest absolute Gasteiger partial charge is 0.341 e. The van der Waals surface area contributed by atoms with Gasteiger partial charge in [0.15, 0.2) is 0 Å². The third-order valence-electron chi connectivity index (χ3n) is 4.13. The first-order valence-corrected chi connectivity index (χ1v) is 7.81. The molecule has 1 amide bonds. The maximum Gasteiger partial charge on any atom is 0.341 e. The summed E-state index contributed by atoms with van der Waals surface area (Å²) >= 11 is 0. The van der Waals surface area contributed by atoms with Crippen LogP contribution in [0.25, 0.3) is 0 Å². The molecule has 1 aromatic heterocycles. The number of para-hydroxylation sites is 1. The molecule has 1 aromatic carbocycles. The van der Waals surface area contributed by atoms with Crippen LogP contribution < -0.4 is 0 Å². The molecule has 0 N–H and O–H groups in total. The SMILES string of the molecule is O=C(OC[C@H]1CCCN1C(=O)c1ccccc1[N+](=O)[O-])c1ccoc1. The molecular formula is C17H16N2O6. The molecule has 0 spiro atoms. The largest absolute Gasteiger partial charge is 0.472 e. The molecule has 1 aliphatic rings. The monoisotopic (exact) mass is 344 g/mol. The Morgan fingerprint density at radius 2 is 2.12 bits per heavy atom. The molecule has 0 bridgehead atoms. The molecule has 8 nitrogen and oxygen atoms in total. The number of nitro groups is 1. The van der Waals surface area contributed by atoms with E-state index < -0.39 is 16.8 Å². The van der Waals surface area contributed by atoms with Gasteiger partial charge in [0.25, 0.3) is 11.6 Å². The van der Waals surface area contributed by atoms with Crippen LogP contribution in [0.5, 0.6) is 0 Å². The number of furan rings is 1. The van der Waals surface area contributed by atoms with Gasteiger partial charge in [-0.25, -0.2) is 4.79 Å². The normalized spacial score (nSPS) is 16.6. The van der Waals surface area contributed by atoms with Crippen LogP contribution in [0.3, 0.4) is 0 Å². The van der Waals surface area contributed by atoms with Gasteiger partial charge >= 0.3 is 5.97 Å². The summed E-state index contributed by atoms with van der Waals surface area (Å²) < 4.78 is 10.1. The van der Waals surface area contributed by atoms with Crippen molar-refractivity contribution < 1.29 is 23.7 Å². The van der Waals surface area contributed by atoms with Crippen molar-refractivity contribution in [3.8, 4) is 0 Å². The van der Waals surface area contributed by atoms with Crippen molar-refractivity contribution in [3.05, 3.63) is 64.1 Å². The second-order valence-corrected chi connectivity index (χ2v) is 5.68. The molecule has 1 aliphatic heterocycles. The number of amides is 1. The molecule has 1 fully saturated rings. The van der Waals surface area contributed by atoms with Crippen molar-refractivity contribution in [1.82, 2.24) is 4.90 Å². The van der Waals surface area contributed by atoms with Crippen LogP contribution in [0.15, 0.2) is 47.3 Å². The third-order valence-corrected chi connectivity index (χ3v) is 4.13. The van der Waals surface area contributed by atoms with Crippen LogP contribution in [0.2, 0.25) is 0 Å². The average molecular weight is 344 g/mol. The van der Waals surface area contributed by atoms with Crippen molar-refractivity contribution in [3.63, 3.8) is 0 Å². The number of nitrogens with zero attached hydrogens (tertiary/aromatic N) is 2. The summed E-state index contributed by atoms with van der Waals surface area (Å²) in [5.41, 5.74) is 0.115. The van der Waals surface area contributed by atoms with Crippen LogP contribution in [0.1, 0.15) is 33.6 Å². The number of benzene rings is 1. The molecule has 2 heterocycles. The van der Waals surface area contributed by atoms with E-state index in [1.165, 1.54) is 41.7 Å². The zero-order valence-corrected chi connectivity index (χ0v) is 13.3. The van der Waals surface area contributed by atoms with E-state index in [4.69, 9.17) is 9.15 Å². The van der Waals surface area contributed by atoms with Crippen molar-refractivity contribution >= 4 is 17.6 Å². The van der Waals surface area contributed by atoms with Crippen LogP contribution in [-0.4, -0.2) is 40.9 Å². The molecule has 1 saturated heterocycles. The lowest BCUT2D eigenvalue weighted by atomic mass is 10.1. The number of carbonyl (C=O) groups is 2. The fourth-order valence-electron chi connectivity index (χ4n) is 2.88. The molecule has 130 valence electrons. The molecule has 0 radical (unpaired) electrons. The van der Waals surface area contributed by atoms with E-state index in [2.05, 4.69) is 0 Å². The number of likely N-dealkylation sites (tertiary alicyclic amines) is 1. The standard InChI is InChI=1S/C17H16N2O6/c20-16(14-5-1-2-6-15(14)19(22)23)18-8-3-4-13(18)11-25-17(21)12-7-9-24-10-12/h1-2,5-7,9-10,13H,3-4,8,11H2/t13-/m1/s1. The predicted molar refractivity (Wildman–Crippen MR) is 86.1 cm³/mol. The van der Waals surface area contributed by atoms with Crippen molar-refractivity contribution in [1.29, 1.82) is 0 Å². The zero-order valence-electron chi connectivity index (χ0n) is 13.3. The Morgan fingerprint density at radius 1 is 1.32 bits per heavy atom. The van der Waals surface area contributed by atoms with Gasteiger partial charge in [0.2, 0.25) is 0 Å². The Labute approximate surface area is 143 Å². The van der Waals surface area contributed by atoms with E-state index in [-0.39, 0.29) is 23.9 Å². The average Bonchev–Trinajstić information content (AvgIpc) is 3.30. The fourth-order valence-corrected chi connectivity index (χ4v) is 2.88. The van der Waals surface area contributed by atoms with E-state index in [1.807, 2.05) is 0 Å². The summed E-state index contributed by atoms with van der Waals surface area (Å²) in [7, 11) is 0. The molecule has 1 atom stereocenters. The summed E-state index contributed by atoms with van der Waals surface area (Å²) in [5, 5.41) is 11.1. The summed E-state index contributed by atoms with van der Waals surface area (Å²) in [6.45, 7) is 0.509. The molecule has 0 unspecified atom stereocenters. The molecule has 2 aromatic rings. The van der Waals surface area contributed by atoms with Gasteiger partial charge in [-0.3, -0.25) is 14.9 Å². The van der Waals surface area contributed by atoms with Gasteiger partial charge in [-0.2, -0.15) is 0 Å². The van der Waals surface area contributed by atoms with E-state index in [0.717, 1.165) is 6.42 Å². The van der Waals surface area contributed by atoms with Crippen LogP contribution in [-0.2, 0) is 4.74 Å². The third kappa shape index (κ3) is 3.52. The quantitative estimate of drug-likeness (QED) is 0.469. The first-order chi connectivity index (χ1) is 12.1. The highest BCUT2D eigenvalue weighted by molar-refractivity contribution is 5.98. The fraction of sp³-hybridized carbons (Fsp3) is 0.294. The molecule has 0 saturated carbocycles. The lowest BCUT2D eigenvalue weighted by Gasteiger charge is -2.24. The van der Waals surface area contributed by atoms with E-state index in [9.17, 15) is 19.7 Å². The highest BCUT2D eigenvalue weighted by atomic mass is 16.6. The number of rotatable bonds is 5. The van der Waals surface area contributed by atoms with Crippen LogP contribution in [0, 0.1) is 10.1 Å². The molecule has 3 rings (SSSR count). The number of carbonyl (C=O) groups excluding carboxylic acids is 2. The minimum absolute atomic E-state index is 0.0381. The van der Waals surface area contributed by atoms with Crippen molar-refractivity contribution in [2.45, 2.75) is 18.9 Å². The number of hydrogen-bond acceptors (Lipinski definition) is 6. The second kappa shape index (κ2) is 7.16. The molecule has 0 aliphatic carbocycles. The van der Waals surface area contributed by atoms with Gasteiger partial charge in [0.1, 0.15) is 18.4 Å². The number of nitro benzene ring substituents is 1. The summed E-state index contributed by atoms with van der Waals surface area (Å²) in [6, 6.07) is 7.04. The second-order valence-electron chi connectivity index (χ2n) is 5.68. The Bertz CT molecular complexity index is 786. The molecule has 8 heteroatoms. The van der Waals surface area contributed by atoms with Gasteiger partial charge in [-0.05, 0) is 25.0 Å². The van der Waals surface area contributed by atoms with Gasteiger partial charge < -0.3 is 14.1 Å². The van der Waals surface area contributed by atoms with Gasteiger partial charge in [0.05, 0.1) is 22.8 Å². The lowest BCUT2D eigenvalue weighted by Crippen LogP contribution is -2.39. The van der Waals surface area contributed by atoms with Crippen molar-refractivity contribution in [2.24, 2.45) is 0 Å². The Kier molecular flexibility index (Phi) is 4.78. The highest BCUT2D eigenvalue weighted by Gasteiger charge is 2.33. The first-order valence-electron chi connectivity index (χ1n) is 7.81. The van der Waals surface area contributed by atoms with Gasteiger partial charge in [-0.1, -0.05) is 12.1 Å². The number of hydrogen-bond donors (Lipinski definition) is 0. The van der Waals surface area contributed by atoms with E-state index in [1.54, 1.807) is 6.07 Å². The predicted octanol–water partition coefficient (Wildman–Crippen LogP) is 2.65. The van der Waals surface area contributed by atoms with Crippen molar-refractivity contribution in [2.75, 3.05) is 13.2 Å². The minimum atomic E-state index is -0.572. The summed E-state index contributed by atoms with van der Waals surface area (Å²) in [5.74, 6) is -0.951. The maximum absolute atomic E-state index is 12.7. The first kappa shape index (κ1) is 16.7. The maximum atomic E-state index is 12.7. The summed E-state index contributed by atoms with van der Waals surface area (Å²) in [6.07, 6.45) is 4.08. The van der Waals surface area contributed by atoms with Gasteiger partial charge in [0, 0.05) is 12.6 Å². The van der Waals surface area contributed by atoms with Gasteiger partial charge in [-0.15, -0.1) is 0 Å². The number of esters is 1. The van der Waals surface area contributed by atoms with E-state index >= 15 is 0 Å². The Hall–Kier alpha value is -3.16. The molecule has 25 heavy (non-hydrogen) atoms. The lowest BCUT2D eigenvalue weighted by molar-refractivity contribution is -0.385. The Balaban J connectivity index is 1.70. The van der Waals surface area contributed by atoms with E-state index in [0.29, 0.717) is 18.5 Å². The minimum Gasteiger partial charge on any atom is -0.472 e.